The van der Waals surface area contributed by atoms with Crippen LogP contribution in [0.25, 0.3) is 0 Å². The lowest BCUT2D eigenvalue weighted by molar-refractivity contribution is -0.148. The molecule has 0 bridgehead atoms. The van der Waals surface area contributed by atoms with Gasteiger partial charge in [-0.15, -0.1) is 0 Å². The molecule has 0 aliphatic carbocycles. The van der Waals surface area contributed by atoms with Crippen molar-refractivity contribution in [3.63, 3.8) is 0 Å². The van der Waals surface area contributed by atoms with E-state index in [1.54, 1.807) is 0 Å². The Morgan fingerprint density at radius 2 is 2.20 bits per heavy atom. The van der Waals surface area contributed by atoms with E-state index in [9.17, 15) is 14.7 Å². The summed E-state index contributed by atoms with van der Waals surface area (Å²) < 4.78 is 0.912. The summed E-state index contributed by atoms with van der Waals surface area (Å²) in [4.78, 5) is 25.0. The van der Waals surface area contributed by atoms with E-state index < -0.39 is 11.5 Å². The number of nitrogens with zero attached hydrogens (tertiary/aromatic N) is 1. The molecule has 0 aromatic heterocycles. The molecule has 1 saturated heterocycles. The predicted octanol–water partition coefficient (Wildman–Crippen LogP) is 0.830. The van der Waals surface area contributed by atoms with Crippen LogP contribution in [0.15, 0.2) is 28.7 Å². The summed E-state index contributed by atoms with van der Waals surface area (Å²) in [7, 11) is 0. The van der Waals surface area contributed by atoms with Gasteiger partial charge >= 0.3 is 0 Å². The van der Waals surface area contributed by atoms with E-state index in [4.69, 9.17) is 5.73 Å². The fourth-order valence-corrected chi connectivity index (χ4v) is 2.83. The van der Waals surface area contributed by atoms with Crippen LogP contribution >= 0.6 is 15.9 Å². The monoisotopic (exact) mass is 340 g/mol. The molecule has 1 fully saturated rings. The van der Waals surface area contributed by atoms with Crippen LogP contribution in [0.3, 0.4) is 0 Å². The zero-order valence-corrected chi connectivity index (χ0v) is 12.6. The van der Waals surface area contributed by atoms with Gasteiger partial charge in [0.05, 0.1) is 13.0 Å². The van der Waals surface area contributed by atoms with E-state index in [2.05, 4.69) is 15.9 Å². The molecule has 1 aromatic rings. The van der Waals surface area contributed by atoms with Crippen molar-refractivity contribution in [3.05, 3.63) is 34.3 Å². The Morgan fingerprint density at radius 1 is 1.45 bits per heavy atom. The first kappa shape index (κ1) is 15.0. The number of aliphatic hydroxyl groups is 1. The molecule has 3 N–H and O–H groups in total. The lowest BCUT2D eigenvalue weighted by Gasteiger charge is -2.37. The Morgan fingerprint density at radius 3 is 2.85 bits per heavy atom. The van der Waals surface area contributed by atoms with Crippen molar-refractivity contribution in [2.45, 2.75) is 24.9 Å². The first-order chi connectivity index (χ1) is 9.40. The lowest BCUT2D eigenvalue weighted by Crippen LogP contribution is -2.57. The van der Waals surface area contributed by atoms with Gasteiger partial charge in [0.15, 0.2) is 5.60 Å². The lowest BCUT2D eigenvalue weighted by atomic mass is 9.92. The van der Waals surface area contributed by atoms with Gasteiger partial charge in [-0.2, -0.15) is 0 Å². The van der Waals surface area contributed by atoms with Gasteiger partial charge in [-0.05, 0) is 30.5 Å². The topological polar surface area (TPSA) is 83.6 Å². The Bertz CT molecular complexity index is 535. The van der Waals surface area contributed by atoms with Crippen LogP contribution in [0, 0.1) is 0 Å². The molecule has 1 aromatic carbocycles. The number of hydrogen-bond acceptors (Lipinski definition) is 3. The molecule has 20 heavy (non-hydrogen) atoms. The number of nitrogens with two attached hydrogens (primary N) is 1. The maximum absolute atomic E-state index is 12.2. The number of β-amino-alcohol motifs (C(OH)–C–C–N with tert-alkyl or cyclic N) is 1. The number of likely N-dealkylation sites (tertiary alicyclic amines) is 1. The summed E-state index contributed by atoms with van der Waals surface area (Å²) in [6.07, 6.45) is 1.13. The van der Waals surface area contributed by atoms with E-state index >= 15 is 0 Å². The predicted molar refractivity (Wildman–Crippen MR) is 77.8 cm³/mol. The highest BCUT2D eigenvalue weighted by Gasteiger charge is 2.39. The molecular formula is C14H17BrN2O3. The van der Waals surface area contributed by atoms with Crippen LogP contribution in [-0.2, 0) is 16.0 Å². The van der Waals surface area contributed by atoms with Crippen molar-refractivity contribution in [3.8, 4) is 0 Å². The second-order valence-electron chi connectivity index (χ2n) is 5.12. The van der Waals surface area contributed by atoms with E-state index in [1.807, 2.05) is 24.3 Å². The summed E-state index contributed by atoms with van der Waals surface area (Å²) in [5.74, 6) is -0.875. The first-order valence-electron chi connectivity index (χ1n) is 6.45. The molecule has 1 unspecified atom stereocenters. The molecule has 1 aliphatic heterocycles. The maximum Gasteiger partial charge on any atom is 0.251 e. The smallest absolute Gasteiger partial charge is 0.251 e. The minimum Gasteiger partial charge on any atom is -0.378 e. The second-order valence-corrected chi connectivity index (χ2v) is 6.04. The summed E-state index contributed by atoms with van der Waals surface area (Å²) in [5.41, 5.74) is 4.50. The number of hydrogen-bond donors (Lipinski definition) is 2. The van der Waals surface area contributed by atoms with Gasteiger partial charge < -0.3 is 15.7 Å². The highest BCUT2D eigenvalue weighted by atomic mass is 79.9. The average molecular weight is 341 g/mol. The number of amides is 2. The third-order valence-electron chi connectivity index (χ3n) is 3.53. The molecule has 108 valence electrons. The summed E-state index contributed by atoms with van der Waals surface area (Å²) >= 11 is 3.36. The molecule has 0 radical (unpaired) electrons. The van der Waals surface area contributed by atoms with Gasteiger partial charge in [-0.3, -0.25) is 9.59 Å². The number of piperidine rings is 1. The summed E-state index contributed by atoms with van der Waals surface area (Å²) in [5, 5.41) is 10.1. The molecule has 5 nitrogen and oxygen atoms in total. The Labute approximate surface area is 125 Å². The minimum absolute atomic E-state index is 0.0187. The van der Waals surface area contributed by atoms with Crippen LogP contribution in [0.5, 0.6) is 0 Å². The van der Waals surface area contributed by atoms with Gasteiger partial charge in [0.2, 0.25) is 5.91 Å². The SMILES string of the molecule is NC(=O)C1(O)CCCN(C(=O)Cc2cccc(Br)c2)C1. The zero-order valence-electron chi connectivity index (χ0n) is 11.0. The van der Waals surface area contributed by atoms with Crippen LogP contribution in [0.2, 0.25) is 0 Å². The molecular weight excluding hydrogens is 324 g/mol. The Kier molecular flexibility index (Phi) is 4.45. The Hall–Kier alpha value is -1.40. The van der Waals surface area contributed by atoms with Crippen LogP contribution < -0.4 is 5.73 Å². The molecule has 0 spiro atoms. The quantitative estimate of drug-likeness (QED) is 0.854. The number of carbonyl (C=O) groups is 2. The molecule has 2 rings (SSSR count). The molecule has 0 saturated carbocycles. The third kappa shape index (κ3) is 3.37. The minimum atomic E-state index is -1.59. The number of halogens is 1. The normalized spacial score (nSPS) is 22.6. The molecule has 1 aliphatic rings. The van der Waals surface area contributed by atoms with Crippen molar-refractivity contribution in [2.24, 2.45) is 5.73 Å². The standard InChI is InChI=1S/C14H17BrN2O3/c15-11-4-1-3-10(7-11)8-12(18)17-6-2-5-14(20,9-17)13(16)19/h1,3-4,7,20H,2,5-6,8-9H2,(H2,16,19). The second kappa shape index (κ2) is 5.93. The van der Waals surface area contributed by atoms with Crippen molar-refractivity contribution in [1.29, 1.82) is 0 Å². The Balaban J connectivity index is 2.04. The largest absolute Gasteiger partial charge is 0.378 e. The summed E-state index contributed by atoms with van der Waals surface area (Å²) in [6.45, 7) is 0.525. The zero-order chi connectivity index (χ0) is 14.8. The summed E-state index contributed by atoms with van der Waals surface area (Å²) in [6, 6.07) is 7.50. The highest BCUT2D eigenvalue weighted by molar-refractivity contribution is 9.10. The van der Waals surface area contributed by atoms with Crippen molar-refractivity contribution >= 4 is 27.7 Å². The van der Waals surface area contributed by atoms with Gasteiger partial charge in [0.1, 0.15) is 0 Å². The van der Waals surface area contributed by atoms with Gasteiger partial charge in [-0.25, -0.2) is 0 Å². The van der Waals surface area contributed by atoms with Crippen LogP contribution in [0.1, 0.15) is 18.4 Å². The van der Waals surface area contributed by atoms with Gasteiger partial charge in [0.25, 0.3) is 5.91 Å². The van der Waals surface area contributed by atoms with Crippen molar-refractivity contribution in [2.75, 3.05) is 13.1 Å². The first-order valence-corrected chi connectivity index (χ1v) is 7.24. The molecule has 6 heteroatoms. The number of carbonyl (C=O) groups excluding carboxylic acids is 2. The molecule has 2 amide bonds. The van der Waals surface area contributed by atoms with E-state index in [0.717, 1.165) is 10.0 Å². The van der Waals surface area contributed by atoms with Crippen molar-refractivity contribution < 1.29 is 14.7 Å². The van der Waals surface area contributed by atoms with Crippen LogP contribution in [0.4, 0.5) is 0 Å². The van der Waals surface area contributed by atoms with Gasteiger partial charge in [0, 0.05) is 11.0 Å². The fraction of sp³-hybridized carbons (Fsp3) is 0.429. The third-order valence-corrected chi connectivity index (χ3v) is 4.02. The van der Waals surface area contributed by atoms with E-state index in [-0.39, 0.29) is 18.9 Å². The van der Waals surface area contributed by atoms with Gasteiger partial charge in [-0.1, -0.05) is 28.1 Å². The van der Waals surface area contributed by atoms with Crippen molar-refractivity contribution in [1.82, 2.24) is 4.90 Å². The van der Waals surface area contributed by atoms with E-state index in [1.165, 1.54) is 4.90 Å². The van der Waals surface area contributed by atoms with E-state index in [0.29, 0.717) is 19.4 Å². The highest BCUT2D eigenvalue weighted by Crippen LogP contribution is 2.22. The average Bonchev–Trinajstić information content (AvgIpc) is 2.38. The molecule has 1 atom stereocenters. The molecule has 1 heterocycles. The fourth-order valence-electron chi connectivity index (χ4n) is 2.38. The number of rotatable bonds is 3. The van der Waals surface area contributed by atoms with Crippen LogP contribution in [-0.4, -0.2) is 40.5 Å². The number of benzene rings is 1. The number of primary amides is 1. The maximum atomic E-state index is 12.2.